The average Bonchev–Trinajstić information content (AvgIpc) is 3.24. The smallest absolute Gasteiger partial charge is 0.233 e. The monoisotopic (exact) mass is 318 g/mol. The molecule has 1 saturated carbocycles. The highest BCUT2D eigenvalue weighted by Crippen LogP contribution is 2.51. The third-order valence-corrected chi connectivity index (χ3v) is 6.22. The minimum atomic E-state index is -0.274. The van der Waals surface area contributed by atoms with Crippen LogP contribution in [0.15, 0.2) is 24.3 Å². The molecule has 4 heteroatoms. The van der Waals surface area contributed by atoms with Crippen molar-refractivity contribution in [2.24, 2.45) is 5.41 Å². The Kier molecular flexibility index (Phi) is 3.46. The van der Waals surface area contributed by atoms with Crippen LogP contribution in [0.5, 0.6) is 0 Å². The number of carbonyl (C=O) groups excluding carboxylic acids is 1. The fourth-order valence-electron chi connectivity index (χ4n) is 4.25. The van der Waals surface area contributed by atoms with Gasteiger partial charge in [0.15, 0.2) is 0 Å². The fraction of sp³-hybridized carbons (Fsp3) is 0.611. The summed E-state index contributed by atoms with van der Waals surface area (Å²) in [5.41, 5.74) is 1.29. The van der Waals surface area contributed by atoms with Gasteiger partial charge in [-0.1, -0.05) is 23.7 Å². The van der Waals surface area contributed by atoms with Crippen molar-refractivity contribution in [3.05, 3.63) is 34.9 Å². The van der Waals surface area contributed by atoms with Crippen LogP contribution in [0.2, 0.25) is 5.02 Å². The zero-order chi connectivity index (χ0) is 15.2. The number of hydrogen-bond acceptors (Lipinski definition) is 2. The lowest BCUT2D eigenvalue weighted by molar-refractivity contribution is -0.136. The molecule has 1 aliphatic carbocycles. The third kappa shape index (κ3) is 2.35. The van der Waals surface area contributed by atoms with E-state index in [4.69, 9.17) is 11.6 Å². The van der Waals surface area contributed by atoms with E-state index in [1.165, 1.54) is 6.42 Å². The second-order valence-corrected chi connectivity index (χ2v) is 7.75. The van der Waals surface area contributed by atoms with E-state index >= 15 is 0 Å². The SMILES string of the molecule is O=C(N1CCC2(CCNC2)CC1)C1(c2cccc(Cl)c2)CC1. The maximum absolute atomic E-state index is 13.1. The minimum Gasteiger partial charge on any atom is -0.342 e. The van der Waals surface area contributed by atoms with E-state index in [9.17, 15) is 4.79 Å². The number of amides is 1. The van der Waals surface area contributed by atoms with Gasteiger partial charge in [-0.25, -0.2) is 0 Å². The zero-order valence-corrected chi connectivity index (χ0v) is 13.7. The Morgan fingerprint density at radius 2 is 1.91 bits per heavy atom. The summed E-state index contributed by atoms with van der Waals surface area (Å²) in [5.74, 6) is 0.329. The molecule has 3 aliphatic rings. The largest absolute Gasteiger partial charge is 0.342 e. The van der Waals surface area contributed by atoms with Gasteiger partial charge >= 0.3 is 0 Å². The molecule has 2 heterocycles. The summed E-state index contributed by atoms with van der Waals surface area (Å²) in [4.78, 5) is 15.2. The molecule has 1 spiro atoms. The van der Waals surface area contributed by atoms with E-state index in [-0.39, 0.29) is 5.41 Å². The Bertz CT molecular complexity index is 581. The molecule has 2 aliphatic heterocycles. The second kappa shape index (κ2) is 5.24. The number of nitrogens with zero attached hydrogens (tertiary/aromatic N) is 1. The van der Waals surface area contributed by atoms with E-state index in [2.05, 4.69) is 16.3 Å². The summed E-state index contributed by atoms with van der Waals surface area (Å²) in [6.45, 7) is 4.11. The standard InChI is InChI=1S/C18H23ClN2O/c19-15-3-1-2-14(12-15)18(4-5-18)16(22)21-10-7-17(8-11-21)6-9-20-13-17/h1-3,12,20H,4-11,13H2. The highest BCUT2D eigenvalue weighted by molar-refractivity contribution is 6.30. The van der Waals surface area contributed by atoms with Crippen molar-refractivity contribution >= 4 is 17.5 Å². The Labute approximate surface area is 137 Å². The lowest BCUT2D eigenvalue weighted by atomic mass is 9.77. The van der Waals surface area contributed by atoms with Crippen LogP contribution in [0.1, 0.15) is 37.7 Å². The summed E-state index contributed by atoms with van der Waals surface area (Å²) in [5, 5.41) is 4.21. The molecule has 1 amide bonds. The average molecular weight is 319 g/mol. The number of benzene rings is 1. The van der Waals surface area contributed by atoms with Crippen LogP contribution in [-0.2, 0) is 10.2 Å². The van der Waals surface area contributed by atoms with Gasteiger partial charge in [0, 0.05) is 24.7 Å². The molecule has 0 radical (unpaired) electrons. The first-order chi connectivity index (χ1) is 10.6. The van der Waals surface area contributed by atoms with E-state index in [1.54, 1.807) is 0 Å². The van der Waals surface area contributed by atoms with E-state index in [0.717, 1.165) is 62.4 Å². The van der Waals surface area contributed by atoms with Gasteiger partial charge < -0.3 is 10.2 Å². The second-order valence-electron chi connectivity index (χ2n) is 7.31. The summed E-state index contributed by atoms with van der Waals surface area (Å²) in [6.07, 6.45) is 5.51. The van der Waals surface area contributed by atoms with Crippen LogP contribution in [0.4, 0.5) is 0 Å². The fourth-order valence-corrected chi connectivity index (χ4v) is 4.44. The highest BCUT2D eigenvalue weighted by Gasteiger charge is 2.54. The molecule has 22 heavy (non-hydrogen) atoms. The van der Waals surface area contributed by atoms with E-state index < -0.39 is 0 Å². The van der Waals surface area contributed by atoms with Crippen molar-refractivity contribution in [2.45, 2.75) is 37.5 Å². The molecular weight excluding hydrogens is 296 g/mol. The molecule has 1 aromatic carbocycles. The zero-order valence-electron chi connectivity index (χ0n) is 12.9. The lowest BCUT2D eigenvalue weighted by Gasteiger charge is -2.40. The Morgan fingerprint density at radius 3 is 2.50 bits per heavy atom. The van der Waals surface area contributed by atoms with Crippen molar-refractivity contribution < 1.29 is 4.79 Å². The first-order valence-electron chi connectivity index (χ1n) is 8.40. The summed E-state index contributed by atoms with van der Waals surface area (Å²) in [6, 6.07) is 7.87. The van der Waals surface area contributed by atoms with Crippen LogP contribution < -0.4 is 5.32 Å². The minimum absolute atomic E-state index is 0.274. The van der Waals surface area contributed by atoms with Gasteiger partial charge in [0.1, 0.15) is 0 Å². The van der Waals surface area contributed by atoms with Crippen molar-refractivity contribution in [2.75, 3.05) is 26.2 Å². The van der Waals surface area contributed by atoms with Crippen molar-refractivity contribution in [1.29, 1.82) is 0 Å². The number of nitrogens with one attached hydrogen (secondary N) is 1. The molecule has 4 rings (SSSR count). The van der Waals surface area contributed by atoms with Gasteiger partial charge in [0.05, 0.1) is 5.41 Å². The van der Waals surface area contributed by atoms with Crippen molar-refractivity contribution in [3.63, 3.8) is 0 Å². The lowest BCUT2D eigenvalue weighted by Crippen LogP contribution is -2.47. The quantitative estimate of drug-likeness (QED) is 0.909. The Morgan fingerprint density at radius 1 is 1.14 bits per heavy atom. The predicted octanol–water partition coefficient (Wildman–Crippen LogP) is 2.97. The number of hydrogen-bond donors (Lipinski definition) is 1. The normalized spacial score (nSPS) is 25.4. The van der Waals surface area contributed by atoms with Crippen molar-refractivity contribution in [3.8, 4) is 0 Å². The van der Waals surface area contributed by atoms with Gasteiger partial charge in [0.2, 0.25) is 5.91 Å². The van der Waals surface area contributed by atoms with Crippen LogP contribution >= 0.6 is 11.6 Å². The first-order valence-corrected chi connectivity index (χ1v) is 8.78. The Hall–Kier alpha value is -1.06. The molecule has 3 nitrogen and oxygen atoms in total. The van der Waals surface area contributed by atoms with Gasteiger partial charge in [-0.3, -0.25) is 4.79 Å². The van der Waals surface area contributed by atoms with Gasteiger partial charge in [-0.05, 0) is 61.8 Å². The molecular formula is C18H23ClN2O. The molecule has 1 N–H and O–H groups in total. The molecule has 2 saturated heterocycles. The van der Waals surface area contributed by atoms with Crippen LogP contribution in [0.3, 0.4) is 0 Å². The number of piperidine rings is 1. The number of likely N-dealkylation sites (tertiary alicyclic amines) is 1. The molecule has 118 valence electrons. The summed E-state index contributed by atoms with van der Waals surface area (Å²) >= 11 is 6.12. The predicted molar refractivity (Wildman–Crippen MR) is 88.1 cm³/mol. The Balaban J connectivity index is 1.48. The maximum Gasteiger partial charge on any atom is 0.233 e. The maximum atomic E-state index is 13.1. The first kappa shape index (κ1) is 14.5. The highest BCUT2D eigenvalue weighted by atomic mass is 35.5. The van der Waals surface area contributed by atoms with Crippen molar-refractivity contribution in [1.82, 2.24) is 10.2 Å². The number of carbonyl (C=O) groups is 1. The van der Waals surface area contributed by atoms with Gasteiger partial charge in [0.25, 0.3) is 0 Å². The molecule has 0 aromatic heterocycles. The summed E-state index contributed by atoms with van der Waals surface area (Å²) in [7, 11) is 0. The topological polar surface area (TPSA) is 32.3 Å². The molecule has 0 atom stereocenters. The van der Waals surface area contributed by atoms with E-state index in [0.29, 0.717) is 11.3 Å². The van der Waals surface area contributed by atoms with E-state index in [1.807, 2.05) is 18.2 Å². The van der Waals surface area contributed by atoms with Crippen LogP contribution in [-0.4, -0.2) is 37.0 Å². The number of rotatable bonds is 2. The van der Waals surface area contributed by atoms with Gasteiger partial charge in [-0.15, -0.1) is 0 Å². The summed E-state index contributed by atoms with van der Waals surface area (Å²) < 4.78 is 0. The van der Waals surface area contributed by atoms with Gasteiger partial charge in [-0.2, -0.15) is 0 Å². The molecule has 0 bridgehead atoms. The molecule has 3 fully saturated rings. The van der Waals surface area contributed by atoms with Crippen LogP contribution in [0.25, 0.3) is 0 Å². The third-order valence-electron chi connectivity index (χ3n) is 5.98. The molecule has 0 unspecified atom stereocenters. The molecule has 1 aromatic rings. The number of halogens is 1. The van der Waals surface area contributed by atoms with Crippen LogP contribution in [0, 0.1) is 5.41 Å².